The van der Waals surface area contributed by atoms with Crippen molar-refractivity contribution < 1.29 is 4.42 Å². The number of para-hydroxylation sites is 1. The third kappa shape index (κ3) is 6.24. The zero-order valence-corrected chi connectivity index (χ0v) is 32.0. The Hall–Kier alpha value is -7.95. The molecule has 11 aromatic rings. The van der Waals surface area contributed by atoms with Gasteiger partial charge in [0.05, 0.1) is 0 Å². The van der Waals surface area contributed by atoms with Crippen LogP contribution >= 0.6 is 0 Å². The molecule has 0 bridgehead atoms. The maximum absolute atomic E-state index is 6.80. The van der Waals surface area contributed by atoms with Crippen molar-refractivity contribution in [2.75, 3.05) is 0 Å². The van der Waals surface area contributed by atoms with Crippen molar-refractivity contribution in [2.45, 2.75) is 0 Å². The second-order valence-electron chi connectivity index (χ2n) is 14.7. The summed E-state index contributed by atoms with van der Waals surface area (Å²) >= 11 is 0. The number of rotatable bonds is 7. The summed E-state index contributed by atoms with van der Waals surface area (Å²) in [4.78, 5) is 15.7. The molecule has 4 heteroatoms. The van der Waals surface area contributed by atoms with E-state index in [4.69, 9.17) is 19.4 Å². The van der Waals surface area contributed by atoms with Crippen LogP contribution in [0, 0.1) is 0 Å². The van der Waals surface area contributed by atoms with Gasteiger partial charge in [-0.2, -0.15) is 0 Å². The highest BCUT2D eigenvalue weighted by Crippen LogP contribution is 2.43. The van der Waals surface area contributed by atoms with Crippen molar-refractivity contribution in [2.24, 2.45) is 0 Å². The van der Waals surface area contributed by atoms with E-state index < -0.39 is 0 Å². The van der Waals surface area contributed by atoms with Gasteiger partial charge in [-0.05, 0) is 61.8 Å². The van der Waals surface area contributed by atoms with Crippen LogP contribution in [0.3, 0.4) is 0 Å². The lowest BCUT2D eigenvalue weighted by Crippen LogP contribution is -2.00. The first kappa shape index (κ1) is 34.3. The van der Waals surface area contributed by atoms with Crippen molar-refractivity contribution in [3.63, 3.8) is 0 Å². The zero-order chi connectivity index (χ0) is 39.1. The van der Waals surface area contributed by atoms with Gasteiger partial charge >= 0.3 is 0 Å². The van der Waals surface area contributed by atoms with Gasteiger partial charge in [0.15, 0.2) is 17.5 Å². The molecule has 0 aliphatic heterocycles. The van der Waals surface area contributed by atoms with Crippen LogP contribution in [0.2, 0.25) is 0 Å². The van der Waals surface area contributed by atoms with Crippen LogP contribution in [0.5, 0.6) is 0 Å². The fourth-order valence-electron chi connectivity index (χ4n) is 8.33. The maximum Gasteiger partial charge on any atom is 0.164 e. The predicted octanol–water partition coefficient (Wildman–Crippen LogP) is 14.6. The molecule has 0 fully saturated rings. The summed E-state index contributed by atoms with van der Waals surface area (Å²) in [5.41, 5.74) is 13.3. The zero-order valence-electron chi connectivity index (χ0n) is 32.0. The molecule has 0 amide bonds. The molecule has 4 nitrogen and oxygen atoms in total. The molecule has 0 radical (unpaired) electrons. The molecule has 276 valence electrons. The molecule has 0 aliphatic rings. The maximum atomic E-state index is 6.80. The first-order chi connectivity index (χ1) is 29.2. The van der Waals surface area contributed by atoms with Gasteiger partial charge in [-0.1, -0.05) is 200 Å². The SMILES string of the molecule is c1ccc(-c2ccc(-c3nc(-c4cccc(-c5cccc6ccccc56)c4)nc(-c4cccc5oc6c(-c7ccccc7-c7ccccc7)cccc6c45)n3)cc2)cc1. The highest BCUT2D eigenvalue weighted by atomic mass is 16.3. The third-order valence-corrected chi connectivity index (χ3v) is 11.2. The van der Waals surface area contributed by atoms with Crippen LogP contribution in [-0.4, -0.2) is 15.0 Å². The van der Waals surface area contributed by atoms with Crippen molar-refractivity contribution in [3.05, 3.63) is 212 Å². The van der Waals surface area contributed by atoms with E-state index in [9.17, 15) is 0 Å². The number of aromatic nitrogens is 3. The summed E-state index contributed by atoms with van der Waals surface area (Å²) < 4.78 is 6.80. The summed E-state index contributed by atoms with van der Waals surface area (Å²) in [6, 6.07) is 73.9. The van der Waals surface area contributed by atoms with Gasteiger partial charge in [0.2, 0.25) is 0 Å². The molecule has 11 rings (SSSR count). The third-order valence-electron chi connectivity index (χ3n) is 11.2. The van der Waals surface area contributed by atoms with Gasteiger partial charge in [-0.15, -0.1) is 0 Å². The standard InChI is InChI=1S/C55H35N3O/c1-3-15-36(16-4-1)37-31-33-40(34-32-37)53-56-54(42-22-11-21-41(35-42)45-26-12-20-39-19-7-8-23-43(39)45)58-55(57-53)49-29-14-30-50-51(49)48-28-13-27-47(52(48)59-50)46-25-10-9-24-44(46)38-17-5-2-6-18-38/h1-35H. The van der Waals surface area contributed by atoms with Crippen molar-refractivity contribution in [1.82, 2.24) is 15.0 Å². The van der Waals surface area contributed by atoms with Crippen molar-refractivity contribution in [3.8, 4) is 78.7 Å². The Morgan fingerprint density at radius 2 is 0.797 bits per heavy atom. The van der Waals surface area contributed by atoms with E-state index in [-0.39, 0.29) is 0 Å². The average molecular weight is 754 g/mol. The molecule has 0 unspecified atom stereocenters. The lowest BCUT2D eigenvalue weighted by atomic mass is 9.93. The van der Waals surface area contributed by atoms with Crippen molar-refractivity contribution in [1.29, 1.82) is 0 Å². The number of fused-ring (bicyclic) bond motifs is 4. The lowest BCUT2D eigenvalue weighted by Gasteiger charge is -2.12. The van der Waals surface area contributed by atoms with Gasteiger partial charge in [-0.25, -0.2) is 15.0 Å². The van der Waals surface area contributed by atoms with Crippen LogP contribution in [0.15, 0.2) is 217 Å². The smallest absolute Gasteiger partial charge is 0.164 e. The topological polar surface area (TPSA) is 51.8 Å². The van der Waals surface area contributed by atoms with Crippen molar-refractivity contribution >= 4 is 32.7 Å². The lowest BCUT2D eigenvalue weighted by molar-refractivity contribution is 0.670. The number of benzene rings is 9. The highest BCUT2D eigenvalue weighted by molar-refractivity contribution is 6.15. The molecule has 0 atom stereocenters. The summed E-state index contributed by atoms with van der Waals surface area (Å²) in [5, 5.41) is 4.37. The molecular weight excluding hydrogens is 719 g/mol. The number of hydrogen-bond donors (Lipinski definition) is 0. The molecule has 0 saturated carbocycles. The first-order valence-electron chi connectivity index (χ1n) is 19.9. The van der Waals surface area contributed by atoms with Gasteiger partial charge in [-0.3, -0.25) is 0 Å². The molecule has 0 aliphatic carbocycles. The average Bonchev–Trinajstić information content (AvgIpc) is 3.71. The predicted molar refractivity (Wildman–Crippen MR) is 243 cm³/mol. The van der Waals surface area contributed by atoms with Crippen LogP contribution in [0.1, 0.15) is 0 Å². The molecule has 0 N–H and O–H groups in total. The number of nitrogens with zero attached hydrogens (tertiary/aromatic N) is 3. The normalized spacial score (nSPS) is 11.4. The van der Waals surface area contributed by atoms with Gasteiger partial charge in [0.25, 0.3) is 0 Å². The largest absolute Gasteiger partial charge is 0.455 e. The number of hydrogen-bond acceptors (Lipinski definition) is 4. The first-order valence-corrected chi connectivity index (χ1v) is 19.9. The second kappa shape index (κ2) is 14.5. The highest BCUT2D eigenvalue weighted by Gasteiger charge is 2.21. The Morgan fingerprint density at radius 3 is 1.63 bits per heavy atom. The second-order valence-corrected chi connectivity index (χ2v) is 14.7. The molecule has 0 saturated heterocycles. The van der Waals surface area contributed by atoms with E-state index in [1.165, 1.54) is 10.8 Å². The monoisotopic (exact) mass is 753 g/mol. The molecule has 2 heterocycles. The Bertz CT molecular complexity index is 3310. The fourth-order valence-corrected chi connectivity index (χ4v) is 8.33. The molecule has 9 aromatic carbocycles. The molecule has 0 spiro atoms. The Balaban J connectivity index is 1.10. The minimum absolute atomic E-state index is 0.580. The Morgan fingerprint density at radius 1 is 0.288 bits per heavy atom. The van der Waals surface area contributed by atoms with Gasteiger partial charge in [0, 0.05) is 33.0 Å². The van der Waals surface area contributed by atoms with E-state index in [1.807, 2.05) is 24.3 Å². The van der Waals surface area contributed by atoms with Crippen LogP contribution in [-0.2, 0) is 0 Å². The van der Waals surface area contributed by atoms with Gasteiger partial charge in [0.1, 0.15) is 11.2 Å². The number of furan rings is 1. The molecular formula is C55H35N3O. The van der Waals surface area contributed by atoms with E-state index in [0.717, 1.165) is 83.1 Å². The molecule has 59 heavy (non-hydrogen) atoms. The summed E-state index contributed by atoms with van der Waals surface area (Å²) in [7, 11) is 0. The Kier molecular flexibility index (Phi) is 8.45. The minimum Gasteiger partial charge on any atom is -0.455 e. The van der Waals surface area contributed by atoms with E-state index in [1.54, 1.807) is 0 Å². The minimum atomic E-state index is 0.580. The van der Waals surface area contributed by atoms with Crippen LogP contribution < -0.4 is 0 Å². The quantitative estimate of drug-likeness (QED) is 0.163. The molecule has 2 aromatic heterocycles. The summed E-state index contributed by atoms with van der Waals surface area (Å²) in [5.74, 6) is 1.78. The summed E-state index contributed by atoms with van der Waals surface area (Å²) in [6.45, 7) is 0. The van der Waals surface area contributed by atoms with Gasteiger partial charge < -0.3 is 4.42 Å². The van der Waals surface area contributed by atoms with E-state index in [2.05, 4.69) is 188 Å². The summed E-state index contributed by atoms with van der Waals surface area (Å²) in [6.07, 6.45) is 0. The van der Waals surface area contributed by atoms with Crippen LogP contribution in [0.4, 0.5) is 0 Å². The Labute approximate surface area is 341 Å². The van der Waals surface area contributed by atoms with E-state index >= 15 is 0 Å². The van der Waals surface area contributed by atoms with Crippen LogP contribution in [0.25, 0.3) is 111 Å². The fraction of sp³-hybridized carbons (Fsp3) is 0. The van der Waals surface area contributed by atoms with E-state index in [0.29, 0.717) is 17.5 Å².